The van der Waals surface area contributed by atoms with E-state index in [1.165, 1.54) is 11.8 Å². The summed E-state index contributed by atoms with van der Waals surface area (Å²) in [6, 6.07) is 7.51. The Labute approximate surface area is 110 Å². The maximum Gasteiger partial charge on any atom is 0.149 e. The molecule has 0 heterocycles. The summed E-state index contributed by atoms with van der Waals surface area (Å²) in [6.07, 6.45) is 2.27. The van der Waals surface area contributed by atoms with Crippen molar-refractivity contribution in [2.24, 2.45) is 5.73 Å². The maximum atomic E-state index is 11.2. The van der Waals surface area contributed by atoms with Crippen LogP contribution in [0.25, 0.3) is 0 Å². The van der Waals surface area contributed by atoms with Crippen molar-refractivity contribution in [3.63, 3.8) is 0 Å². The Morgan fingerprint density at radius 1 is 1.22 bits per heavy atom. The van der Waals surface area contributed by atoms with Crippen LogP contribution in [-0.2, 0) is 15.3 Å². The van der Waals surface area contributed by atoms with Crippen molar-refractivity contribution in [1.82, 2.24) is 0 Å². The van der Waals surface area contributed by atoms with Crippen LogP contribution in [0, 0.1) is 0 Å². The summed E-state index contributed by atoms with van der Waals surface area (Å²) in [4.78, 5) is 0. The van der Waals surface area contributed by atoms with Gasteiger partial charge < -0.3 is 5.73 Å². The van der Waals surface area contributed by atoms with E-state index in [2.05, 4.69) is 20.8 Å². The van der Waals surface area contributed by atoms with Crippen molar-refractivity contribution in [2.45, 2.75) is 38.6 Å². The van der Waals surface area contributed by atoms with Gasteiger partial charge in [-0.05, 0) is 23.0 Å². The molecule has 3 nitrogen and oxygen atoms in total. The van der Waals surface area contributed by atoms with Crippen molar-refractivity contribution in [3.8, 4) is 0 Å². The van der Waals surface area contributed by atoms with Gasteiger partial charge in [-0.3, -0.25) is 0 Å². The van der Waals surface area contributed by atoms with Crippen LogP contribution >= 0.6 is 0 Å². The standard InChI is InChI=1S/C14H23NO2S/c1-5-14(2,3)12-8-6-11(7-9-12)13(15)10-18(4,16)17/h6-9,13H,5,10,15H2,1-4H3. The number of rotatable bonds is 5. The molecule has 2 N–H and O–H groups in total. The van der Waals surface area contributed by atoms with Crippen molar-refractivity contribution in [1.29, 1.82) is 0 Å². The van der Waals surface area contributed by atoms with E-state index in [0.717, 1.165) is 12.0 Å². The molecule has 1 aromatic rings. The van der Waals surface area contributed by atoms with E-state index in [9.17, 15) is 8.42 Å². The highest BCUT2D eigenvalue weighted by Crippen LogP contribution is 2.27. The average Bonchev–Trinajstić information content (AvgIpc) is 2.27. The fraction of sp³-hybridized carbons (Fsp3) is 0.571. The fourth-order valence-corrected chi connectivity index (χ4v) is 2.65. The molecule has 1 aromatic carbocycles. The molecule has 0 saturated carbocycles. The van der Waals surface area contributed by atoms with Crippen LogP contribution in [0.5, 0.6) is 0 Å². The predicted octanol–water partition coefficient (Wildman–Crippen LogP) is 2.42. The summed E-state index contributed by atoms with van der Waals surface area (Å²) in [5, 5.41) is 0. The molecule has 1 atom stereocenters. The van der Waals surface area contributed by atoms with Gasteiger partial charge in [0.05, 0.1) is 5.75 Å². The molecule has 0 amide bonds. The van der Waals surface area contributed by atoms with E-state index in [-0.39, 0.29) is 11.2 Å². The van der Waals surface area contributed by atoms with Gasteiger partial charge in [0.15, 0.2) is 0 Å². The molecule has 4 heteroatoms. The molecule has 0 aliphatic heterocycles. The van der Waals surface area contributed by atoms with Gasteiger partial charge in [0, 0.05) is 12.3 Å². The van der Waals surface area contributed by atoms with E-state index in [4.69, 9.17) is 5.73 Å². The van der Waals surface area contributed by atoms with Gasteiger partial charge >= 0.3 is 0 Å². The predicted molar refractivity (Wildman–Crippen MR) is 76.4 cm³/mol. The van der Waals surface area contributed by atoms with Gasteiger partial charge in [-0.25, -0.2) is 8.42 Å². The monoisotopic (exact) mass is 269 g/mol. The first-order valence-corrected chi connectivity index (χ1v) is 8.25. The summed E-state index contributed by atoms with van der Waals surface area (Å²) in [5.41, 5.74) is 8.15. The summed E-state index contributed by atoms with van der Waals surface area (Å²) >= 11 is 0. The van der Waals surface area contributed by atoms with Crippen LogP contribution in [0.4, 0.5) is 0 Å². The largest absolute Gasteiger partial charge is 0.323 e. The second-order valence-electron chi connectivity index (χ2n) is 5.56. The Morgan fingerprint density at radius 3 is 2.11 bits per heavy atom. The topological polar surface area (TPSA) is 60.2 Å². The lowest BCUT2D eigenvalue weighted by Gasteiger charge is -2.24. The minimum atomic E-state index is -3.04. The molecule has 1 unspecified atom stereocenters. The minimum Gasteiger partial charge on any atom is -0.323 e. The molecule has 102 valence electrons. The third-order valence-corrected chi connectivity index (χ3v) is 4.45. The number of sulfone groups is 1. The first-order chi connectivity index (χ1) is 8.15. The van der Waals surface area contributed by atoms with Crippen LogP contribution in [0.1, 0.15) is 44.4 Å². The summed E-state index contributed by atoms with van der Waals surface area (Å²) < 4.78 is 22.4. The number of benzene rings is 1. The highest BCUT2D eigenvalue weighted by molar-refractivity contribution is 7.90. The molecule has 0 bridgehead atoms. The Bertz CT molecular complexity index is 489. The molecule has 0 aromatic heterocycles. The average molecular weight is 269 g/mol. The maximum absolute atomic E-state index is 11.2. The van der Waals surface area contributed by atoms with Crippen molar-refractivity contribution < 1.29 is 8.42 Å². The van der Waals surface area contributed by atoms with Gasteiger partial charge in [-0.2, -0.15) is 0 Å². The Morgan fingerprint density at radius 2 is 1.72 bits per heavy atom. The highest BCUT2D eigenvalue weighted by atomic mass is 32.2. The van der Waals surface area contributed by atoms with Crippen LogP contribution < -0.4 is 5.73 Å². The minimum absolute atomic E-state index is 0.0104. The molecule has 18 heavy (non-hydrogen) atoms. The van der Waals surface area contributed by atoms with Gasteiger partial charge in [0.1, 0.15) is 9.84 Å². The lowest BCUT2D eigenvalue weighted by molar-refractivity contribution is 0.506. The smallest absolute Gasteiger partial charge is 0.149 e. The van der Waals surface area contributed by atoms with Crippen molar-refractivity contribution >= 4 is 9.84 Å². The first kappa shape index (κ1) is 15.2. The molecule has 1 rings (SSSR count). The third kappa shape index (κ3) is 4.10. The molecule has 0 radical (unpaired) electrons. The van der Waals surface area contributed by atoms with E-state index < -0.39 is 15.9 Å². The third-order valence-electron chi connectivity index (χ3n) is 3.49. The lowest BCUT2D eigenvalue weighted by atomic mass is 9.82. The summed E-state index contributed by atoms with van der Waals surface area (Å²) in [5.74, 6) is -0.0104. The molecule has 0 fully saturated rings. The van der Waals surface area contributed by atoms with E-state index in [1.54, 1.807) is 0 Å². The van der Waals surface area contributed by atoms with Crippen molar-refractivity contribution in [2.75, 3.05) is 12.0 Å². The zero-order valence-corrected chi connectivity index (χ0v) is 12.4. The number of hydrogen-bond donors (Lipinski definition) is 1. The molecule has 0 spiro atoms. The van der Waals surface area contributed by atoms with Crippen LogP contribution in [-0.4, -0.2) is 20.4 Å². The van der Waals surface area contributed by atoms with Crippen molar-refractivity contribution in [3.05, 3.63) is 35.4 Å². The molecule has 0 saturated heterocycles. The molecular weight excluding hydrogens is 246 g/mol. The Hall–Kier alpha value is -0.870. The van der Waals surface area contributed by atoms with Crippen LogP contribution in [0.3, 0.4) is 0 Å². The zero-order valence-electron chi connectivity index (χ0n) is 11.6. The van der Waals surface area contributed by atoms with Gasteiger partial charge in [-0.1, -0.05) is 45.0 Å². The molecule has 0 aliphatic carbocycles. The van der Waals surface area contributed by atoms with E-state index in [0.29, 0.717) is 0 Å². The van der Waals surface area contributed by atoms with Crippen LogP contribution in [0.2, 0.25) is 0 Å². The Kier molecular flexibility index (Phi) is 4.56. The molecular formula is C14H23NO2S. The normalized spacial score (nSPS) is 14.5. The second-order valence-corrected chi connectivity index (χ2v) is 7.74. The summed E-state index contributed by atoms with van der Waals surface area (Å²) in [7, 11) is -3.04. The second kappa shape index (κ2) is 5.41. The quantitative estimate of drug-likeness (QED) is 0.893. The number of hydrogen-bond acceptors (Lipinski definition) is 3. The van der Waals surface area contributed by atoms with Gasteiger partial charge in [0.2, 0.25) is 0 Å². The van der Waals surface area contributed by atoms with Gasteiger partial charge in [0.25, 0.3) is 0 Å². The zero-order chi connectivity index (χ0) is 14.0. The molecule has 0 aliphatic rings. The fourth-order valence-electron chi connectivity index (χ4n) is 1.81. The van der Waals surface area contributed by atoms with E-state index >= 15 is 0 Å². The number of nitrogens with two attached hydrogens (primary N) is 1. The van der Waals surface area contributed by atoms with E-state index in [1.807, 2.05) is 24.3 Å². The van der Waals surface area contributed by atoms with Crippen LogP contribution in [0.15, 0.2) is 24.3 Å². The highest BCUT2D eigenvalue weighted by Gasteiger charge is 2.19. The Balaban J connectivity index is 2.90. The van der Waals surface area contributed by atoms with Gasteiger partial charge in [-0.15, -0.1) is 0 Å². The SMILES string of the molecule is CCC(C)(C)c1ccc(C(N)CS(C)(=O)=O)cc1. The first-order valence-electron chi connectivity index (χ1n) is 6.19. The lowest BCUT2D eigenvalue weighted by Crippen LogP contribution is -2.21. The summed E-state index contributed by atoms with van der Waals surface area (Å²) in [6.45, 7) is 6.54.